The highest BCUT2D eigenvalue weighted by Gasteiger charge is 2.40. The number of amides is 1. The van der Waals surface area contributed by atoms with Gasteiger partial charge in [-0.1, -0.05) is 12.1 Å². The van der Waals surface area contributed by atoms with Crippen molar-refractivity contribution in [2.45, 2.75) is 57.2 Å². The molecule has 1 amide bonds. The van der Waals surface area contributed by atoms with E-state index in [1.165, 1.54) is 4.90 Å². The fourth-order valence-corrected chi connectivity index (χ4v) is 4.33. The zero-order valence-electron chi connectivity index (χ0n) is 16.0. The number of rotatable bonds is 4. The smallest absolute Gasteiger partial charge is 0.326 e. The van der Waals surface area contributed by atoms with E-state index < -0.39 is 12.0 Å². The van der Waals surface area contributed by atoms with Crippen LogP contribution in [0.3, 0.4) is 0 Å². The molecule has 0 saturated carbocycles. The normalized spacial score (nSPS) is 21.8. The Hall–Kier alpha value is -2.83. The number of fused-ring (bicyclic) bond motifs is 1. The lowest BCUT2D eigenvalue weighted by Crippen LogP contribution is -2.49. The van der Waals surface area contributed by atoms with Gasteiger partial charge in [0.15, 0.2) is 5.69 Å². The van der Waals surface area contributed by atoms with Gasteiger partial charge in [0.2, 0.25) is 0 Å². The number of carboxylic acids is 1. The molecule has 3 heterocycles. The van der Waals surface area contributed by atoms with E-state index in [0.717, 1.165) is 55.7 Å². The maximum Gasteiger partial charge on any atom is 0.326 e. The first-order valence-electron chi connectivity index (χ1n) is 9.84. The molecule has 0 radical (unpaired) electrons. The van der Waals surface area contributed by atoms with Crippen molar-refractivity contribution in [3.63, 3.8) is 0 Å². The van der Waals surface area contributed by atoms with E-state index in [0.29, 0.717) is 12.1 Å². The minimum atomic E-state index is -0.962. The Kier molecular flexibility index (Phi) is 5.07. The molecule has 28 heavy (non-hydrogen) atoms. The van der Waals surface area contributed by atoms with Crippen LogP contribution in [0.25, 0.3) is 0 Å². The second kappa shape index (κ2) is 7.66. The number of carboxylic acid groups (broad SMARTS) is 1. The first kappa shape index (κ1) is 18.5. The molecular weight excluding hydrogens is 358 g/mol. The Labute approximate surface area is 163 Å². The molecule has 2 aliphatic rings. The minimum Gasteiger partial charge on any atom is -0.497 e. The number of ether oxygens (including phenoxy) is 1. The van der Waals surface area contributed by atoms with Crippen LogP contribution in [0.2, 0.25) is 0 Å². The molecule has 1 saturated heterocycles. The van der Waals surface area contributed by atoms with Gasteiger partial charge in [-0.3, -0.25) is 9.48 Å². The van der Waals surface area contributed by atoms with E-state index >= 15 is 0 Å². The quantitative estimate of drug-likeness (QED) is 0.877. The molecule has 0 bridgehead atoms. The number of benzene rings is 1. The molecule has 0 aliphatic carbocycles. The lowest BCUT2D eigenvalue weighted by molar-refractivity contribution is -0.144. The highest BCUT2D eigenvalue weighted by molar-refractivity contribution is 5.95. The summed E-state index contributed by atoms with van der Waals surface area (Å²) in [4.78, 5) is 26.9. The van der Waals surface area contributed by atoms with Gasteiger partial charge in [0.25, 0.3) is 5.91 Å². The van der Waals surface area contributed by atoms with Crippen molar-refractivity contribution in [2.75, 3.05) is 7.11 Å². The first-order chi connectivity index (χ1) is 13.6. The molecule has 1 fully saturated rings. The number of hydrogen-bond donors (Lipinski definition) is 1. The van der Waals surface area contributed by atoms with Crippen molar-refractivity contribution < 1.29 is 19.4 Å². The van der Waals surface area contributed by atoms with Crippen LogP contribution in [0.4, 0.5) is 0 Å². The van der Waals surface area contributed by atoms with Crippen molar-refractivity contribution in [2.24, 2.45) is 0 Å². The Morgan fingerprint density at radius 1 is 1.14 bits per heavy atom. The van der Waals surface area contributed by atoms with E-state index in [9.17, 15) is 14.7 Å². The van der Waals surface area contributed by atoms with Crippen LogP contribution in [0, 0.1) is 0 Å². The number of carbonyl (C=O) groups is 2. The topological polar surface area (TPSA) is 84.7 Å². The number of aromatic nitrogens is 2. The molecule has 1 N–H and O–H groups in total. The molecular formula is C21H25N3O4. The van der Waals surface area contributed by atoms with Crippen LogP contribution in [-0.4, -0.2) is 44.8 Å². The predicted octanol–water partition coefficient (Wildman–Crippen LogP) is 3.05. The number of hydrogen-bond acceptors (Lipinski definition) is 4. The molecule has 7 nitrogen and oxygen atoms in total. The van der Waals surface area contributed by atoms with E-state index in [1.54, 1.807) is 7.11 Å². The summed E-state index contributed by atoms with van der Waals surface area (Å²) in [5.41, 5.74) is 2.33. The van der Waals surface area contributed by atoms with E-state index in [-0.39, 0.29) is 11.9 Å². The maximum absolute atomic E-state index is 13.4. The van der Waals surface area contributed by atoms with Gasteiger partial charge < -0.3 is 14.7 Å². The fraction of sp³-hybridized carbons (Fsp3) is 0.476. The molecule has 2 aromatic rings. The highest BCUT2D eigenvalue weighted by atomic mass is 16.5. The van der Waals surface area contributed by atoms with Crippen molar-refractivity contribution in [3.8, 4) is 5.75 Å². The number of carbonyl (C=O) groups excluding carboxylic acids is 1. The summed E-state index contributed by atoms with van der Waals surface area (Å²) in [6, 6.07) is 8.22. The molecule has 4 rings (SSSR count). The molecule has 0 spiro atoms. The Bertz CT molecular complexity index is 851. The predicted molar refractivity (Wildman–Crippen MR) is 102 cm³/mol. The van der Waals surface area contributed by atoms with Crippen molar-refractivity contribution >= 4 is 11.9 Å². The van der Waals surface area contributed by atoms with Crippen LogP contribution in [-0.2, 0) is 17.8 Å². The van der Waals surface area contributed by atoms with Crippen molar-refractivity contribution in [3.05, 3.63) is 47.3 Å². The number of methoxy groups -OCH3 is 1. The molecule has 7 heteroatoms. The zero-order chi connectivity index (χ0) is 19.7. The van der Waals surface area contributed by atoms with Gasteiger partial charge >= 0.3 is 5.97 Å². The van der Waals surface area contributed by atoms with Gasteiger partial charge in [-0.05, 0) is 62.3 Å². The third-order valence-corrected chi connectivity index (χ3v) is 5.78. The average molecular weight is 383 g/mol. The van der Waals surface area contributed by atoms with E-state index in [2.05, 4.69) is 5.10 Å². The highest BCUT2D eigenvalue weighted by Crippen LogP contribution is 2.36. The number of aryl methyl sites for hydroxylation is 2. The second-order valence-electron chi connectivity index (χ2n) is 7.49. The van der Waals surface area contributed by atoms with Crippen molar-refractivity contribution in [1.29, 1.82) is 0 Å². The molecule has 0 unspecified atom stereocenters. The van der Waals surface area contributed by atoms with Crippen LogP contribution >= 0.6 is 0 Å². The molecule has 2 aliphatic heterocycles. The van der Waals surface area contributed by atoms with Gasteiger partial charge in [0, 0.05) is 12.2 Å². The third-order valence-electron chi connectivity index (χ3n) is 5.78. The van der Waals surface area contributed by atoms with Gasteiger partial charge in [0.1, 0.15) is 11.8 Å². The molecule has 1 aromatic carbocycles. The van der Waals surface area contributed by atoms with Crippen LogP contribution in [0.15, 0.2) is 30.3 Å². The summed E-state index contributed by atoms with van der Waals surface area (Å²) < 4.78 is 7.11. The second-order valence-corrected chi connectivity index (χ2v) is 7.49. The maximum atomic E-state index is 13.4. The van der Waals surface area contributed by atoms with E-state index in [4.69, 9.17) is 4.74 Å². The minimum absolute atomic E-state index is 0.285. The molecule has 148 valence electrons. The van der Waals surface area contributed by atoms with Gasteiger partial charge in [-0.15, -0.1) is 0 Å². The lowest BCUT2D eigenvalue weighted by Gasteiger charge is -2.40. The summed E-state index contributed by atoms with van der Waals surface area (Å²) in [5.74, 6) is -0.528. The Balaban J connectivity index is 1.69. The number of piperidine rings is 1. The first-order valence-corrected chi connectivity index (χ1v) is 9.84. The summed E-state index contributed by atoms with van der Waals surface area (Å²) in [6.45, 7) is 0.812. The Morgan fingerprint density at radius 2 is 1.93 bits per heavy atom. The number of nitrogens with zero attached hydrogens (tertiary/aromatic N) is 3. The monoisotopic (exact) mass is 383 g/mol. The summed E-state index contributed by atoms with van der Waals surface area (Å²) >= 11 is 0. The largest absolute Gasteiger partial charge is 0.497 e. The van der Waals surface area contributed by atoms with Crippen LogP contribution in [0.5, 0.6) is 5.75 Å². The van der Waals surface area contributed by atoms with Crippen LogP contribution in [0.1, 0.15) is 59.9 Å². The molecule has 1 aromatic heterocycles. The molecule has 2 atom stereocenters. The third kappa shape index (κ3) is 3.37. The van der Waals surface area contributed by atoms with Gasteiger partial charge in [-0.25, -0.2) is 4.79 Å². The average Bonchev–Trinajstić information content (AvgIpc) is 3.17. The number of aliphatic carboxylic acids is 1. The van der Waals surface area contributed by atoms with Gasteiger partial charge in [-0.2, -0.15) is 5.10 Å². The van der Waals surface area contributed by atoms with Gasteiger partial charge in [0.05, 0.1) is 13.2 Å². The SMILES string of the molecule is COc1ccc([C@@H]2CCC[C@H](C(=O)O)N2C(=O)c2cc3n(n2)CCCC3)cc1. The zero-order valence-corrected chi connectivity index (χ0v) is 16.0. The summed E-state index contributed by atoms with van der Waals surface area (Å²) in [6.07, 6.45) is 5.01. The summed E-state index contributed by atoms with van der Waals surface area (Å²) in [7, 11) is 1.60. The van der Waals surface area contributed by atoms with Crippen molar-refractivity contribution in [1.82, 2.24) is 14.7 Å². The fourth-order valence-electron chi connectivity index (χ4n) is 4.33. The Morgan fingerprint density at radius 3 is 2.61 bits per heavy atom. The number of likely N-dealkylation sites (tertiary alicyclic amines) is 1. The summed E-state index contributed by atoms with van der Waals surface area (Å²) in [5, 5.41) is 14.3. The van der Waals surface area contributed by atoms with Crippen LogP contribution < -0.4 is 4.74 Å². The lowest BCUT2D eigenvalue weighted by atomic mass is 9.90. The standard InChI is InChI=1S/C21H25N3O4/c1-28-16-10-8-14(9-11-16)18-6-4-7-19(21(26)27)24(18)20(25)17-13-15-5-2-3-12-23(15)22-17/h8-11,13,18-19H,2-7,12H2,1H3,(H,26,27)/t18-,19+/m0/s1. The van der Waals surface area contributed by atoms with E-state index in [1.807, 2.05) is 35.0 Å².